The number of aromatic amines is 1. The monoisotopic (exact) mass is 749 g/mol. The summed E-state index contributed by atoms with van der Waals surface area (Å²) < 4.78 is 49.6. The van der Waals surface area contributed by atoms with Crippen LogP contribution in [0.4, 0.5) is 4.79 Å². The molecule has 0 bridgehead atoms. The molecule has 0 aliphatic carbocycles. The molecule has 0 spiro atoms. The van der Waals surface area contributed by atoms with Crippen molar-refractivity contribution < 1.29 is 41.9 Å². The number of nitrogens with one attached hydrogen (secondary N) is 2. The van der Waals surface area contributed by atoms with Gasteiger partial charge in [-0.1, -0.05) is 97.4 Å². The van der Waals surface area contributed by atoms with Crippen molar-refractivity contribution in [2.75, 3.05) is 13.2 Å². The molecule has 3 aromatic carbocycles. The fourth-order valence-electron chi connectivity index (χ4n) is 5.44. The first kappa shape index (κ1) is 39.4. The molecule has 282 valence electrons. The molecule has 2 heterocycles. The zero-order valence-electron chi connectivity index (χ0n) is 29.4. The maximum atomic E-state index is 13.9. The first-order chi connectivity index (χ1) is 25.7. The molecule has 15 heteroatoms. The van der Waals surface area contributed by atoms with Gasteiger partial charge in [0, 0.05) is 31.1 Å². The van der Waals surface area contributed by atoms with Crippen LogP contribution in [0, 0.1) is 6.92 Å². The number of rotatable bonds is 19. The molecule has 1 amide bonds. The van der Waals surface area contributed by atoms with E-state index in [0.717, 1.165) is 16.7 Å². The molecule has 14 nitrogen and oxygen atoms in total. The van der Waals surface area contributed by atoms with Gasteiger partial charge in [0.2, 0.25) is 0 Å². The highest BCUT2D eigenvalue weighted by Crippen LogP contribution is 2.51. The van der Waals surface area contributed by atoms with E-state index < -0.39 is 49.6 Å². The number of unbranched alkanes of at least 4 members (excludes halogenated alkanes) is 2. The molecular formula is C38H44N3O11P. The van der Waals surface area contributed by atoms with Crippen LogP contribution in [0.2, 0.25) is 0 Å². The number of aryl methyl sites for hydroxylation is 1. The maximum Gasteiger partial charge on any atom is 0.475 e. The molecule has 1 fully saturated rings. The minimum Gasteiger partial charge on any atom is -0.459 e. The van der Waals surface area contributed by atoms with Gasteiger partial charge in [0.15, 0.2) is 0 Å². The number of ether oxygens (including phenoxy) is 3. The molecule has 2 N–H and O–H groups in total. The van der Waals surface area contributed by atoms with Gasteiger partial charge in [-0.25, -0.2) is 14.2 Å². The van der Waals surface area contributed by atoms with E-state index in [1.165, 1.54) is 10.8 Å². The summed E-state index contributed by atoms with van der Waals surface area (Å²) in [5.74, 6) is -0.506. The third-order valence-corrected chi connectivity index (χ3v) is 9.68. The van der Waals surface area contributed by atoms with Crippen LogP contribution < -0.4 is 16.6 Å². The van der Waals surface area contributed by atoms with Crippen LogP contribution in [-0.2, 0) is 57.0 Å². The Balaban J connectivity index is 1.17. The molecule has 5 rings (SSSR count). The summed E-state index contributed by atoms with van der Waals surface area (Å²) >= 11 is 0. The molecule has 53 heavy (non-hydrogen) atoms. The number of phosphoric ester groups is 1. The lowest BCUT2D eigenvalue weighted by Gasteiger charge is -2.23. The fraction of sp³-hybridized carbons (Fsp3) is 0.368. The van der Waals surface area contributed by atoms with Crippen molar-refractivity contribution >= 4 is 19.9 Å². The Labute approximate surface area is 307 Å². The number of carbonyl (C=O) groups is 2. The van der Waals surface area contributed by atoms with Crippen LogP contribution in [0.25, 0.3) is 0 Å². The van der Waals surface area contributed by atoms with Gasteiger partial charge in [0.1, 0.15) is 25.0 Å². The summed E-state index contributed by atoms with van der Waals surface area (Å²) in [6, 6.07) is 27.6. The van der Waals surface area contributed by atoms with Crippen LogP contribution in [0.5, 0.6) is 0 Å². The second-order valence-corrected chi connectivity index (χ2v) is 14.1. The number of nitrogens with zero attached hydrogens (tertiary/aromatic N) is 1. The van der Waals surface area contributed by atoms with E-state index in [4.69, 9.17) is 27.8 Å². The predicted molar refractivity (Wildman–Crippen MR) is 194 cm³/mol. The zero-order chi connectivity index (χ0) is 37.5. The fourth-order valence-corrected chi connectivity index (χ4v) is 6.61. The van der Waals surface area contributed by atoms with Crippen molar-refractivity contribution in [2.45, 2.75) is 77.3 Å². The van der Waals surface area contributed by atoms with Crippen molar-refractivity contribution in [3.63, 3.8) is 0 Å². The Morgan fingerprint density at radius 1 is 0.830 bits per heavy atom. The average Bonchev–Trinajstić information content (AvgIpc) is 3.57. The lowest BCUT2D eigenvalue weighted by atomic mass is 10.1. The highest BCUT2D eigenvalue weighted by molar-refractivity contribution is 7.48. The van der Waals surface area contributed by atoms with E-state index in [0.29, 0.717) is 25.8 Å². The minimum absolute atomic E-state index is 0.0558. The Morgan fingerprint density at radius 3 is 2.02 bits per heavy atom. The molecule has 3 atom stereocenters. The number of phosphoric acid groups is 1. The van der Waals surface area contributed by atoms with E-state index in [1.807, 2.05) is 91.0 Å². The molecule has 1 aliphatic heterocycles. The zero-order valence-corrected chi connectivity index (χ0v) is 30.3. The van der Waals surface area contributed by atoms with Gasteiger partial charge in [-0.2, -0.15) is 0 Å². The van der Waals surface area contributed by atoms with Gasteiger partial charge in [-0.15, -0.1) is 0 Å². The average molecular weight is 750 g/mol. The number of H-pyrrole nitrogens is 1. The summed E-state index contributed by atoms with van der Waals surface area (Å²) in [5, 5.41) is 2.70. The van der Waals surface area contributed by atoms with Gasteiger partial charge >= 0.3 is 25.6 Å². The van der Waals surface area contributed by atoms with Gasteiger partial charge in [0.25, 0.3) is 5.56 Å². The lowest BCUT2D eigenvalue weighted by Crippen LogP contribution is -2.33. The largest absolute Gasteiger partial charge is 0.475 e. The van der Waals surface area contributed by atoms with Crippen LogP contribution >= 0.6 is 7.82 Å². The SMILES string of the molecule is Cc1cn([C@H]2C[C@H](OC(=O)CCCCCNC(=O)OCc3ccccc3)[C@@H](COP(=O)(OCc3ccccc3)OCc3ccccc3)O2)c(=O)[nH]c1=O. The number of esters is 1. The highest BCUT2D eigenvalue weighted by atomic mass is 31.2. The topological polar surface area (TPSA) is 173 Å². The second kappa shape index (κ2) is 19.8. The first-order valence-electron chi connectivity index (χ1n) is 17.4. The predicted octanol–water partition coefficient (Wildman–Crippen LogP) is 6.09. The van der Waals surface area contributed by atoms with E-state index in [2.05, 4.69) is 10.3 Å². The number of carbonyl (C=O) groups excluding carboxylic acids is 2. The third kappa shape index (κ3) is 12.7. The number of alkyl carbamates (subject to hydrolysis) is 1. The minimum atomic E-state index is -4.21. The number of amides is 1. The Bertz CT molecular complexity index is 1880. The number of benzene rings is 3. The summed E-state index contributed by atoms with van der Waals surface area (Å²) in [7, 11) is -4.21. The molecule has 4 aromatic rings. The third-order valence-electron chi connectivity index (χ3n) is 8.32. The van der Waals surface area contributed by atoms with Crippen molar-refractivity contribution in [1.82, 2.24) is 14.9 Å². The van der Waals surface area contributed by atoms with Crippen molar-refractivity contribution in [1.29, 1.82) is 0 Å². The van der Waals surface area contributed by atoms with Gasteiger partial charge < -0.3 is 19.5 Å². The van der Waals surface area contributed by atoms with Crippen LogP contribution in [0.1, 0.15) is 60.6 Å². The molecule has 0 unspecified atom stereocenters. The Morgan fingerprint density at radius 2 is 1.42 bits per heavy atom. The van der Waals surface area contributed by atoms with E-state index in [1.54, 1.807) is 6.92 Å². The van der Waals surface area contributed by atoms with Crippen molar-refractivity contribution in [2.24, 2.45) is 0 Å². The molecular weight excluding hydrogens is 705 g/mol. The second-order valence-electron chi connectivity index (χ2n) is 12.4. The van der Waals surface area contributed by atoms with E-state index in [-0.39, 0.29) is 44.8 Å². The number of aromatic nitrogens is 2. The van der Waals surface area contributed by atoms with E-state index in [9.17, 15) is 23.7 Å². The Hall–Kier alpha value is -4.85. The van der Waals surface area contributed by atoms with E-state index >= 15 is 0 Å². The summed E-state index contributed by atoms with van der Waals surface area (Å²) in [6.07, 6.45) is -0.0490. The highest BCUT2D eigenvalue weighted by Gasteiger charge is 2.41. The van der Waals surface area contributed by atoms with Gasteiger partial charge in [0.05, 0.1) is 19.8 Å². The Kier molecular flexibility index (Phi) is 14.7. The van der Waals surface area contributed by atoms with Crippen molar-refractivity contribution in [3.05, 3.63) is 140 Å². The maximum absolute atomic E-state index is 13.9. The van der Waals surface area contributed by atoms with Crippen LogP contribution in [-0.4, -0.2) is 47.0 Å². The summed E-state index contributed by atoms with van der Waals surface area (Å²) in [6.45, 7) is 1.62. The molecule has 1 aromatic heterocycles. The molecule has 0 saturated carbocycles. The summed E-state index contributed by atoms with van der Waals surface area (Å²) in [5.41, 5.74) is 1.44. The van der Waals surface area contributed by atoms with Gasteiger partial charge in [-0.3, -0.25) is 32.7 Å². The quantitative estimate of drug-likeness (QED) is 0.0645. The molecule has 1 aliphatic rings. The summed E-state index contributed by atoms with van der Waals surface area (Å²) in [4.78, 5) is 52.0. The van der Waals surface area contributed by atoms with Gasteiger partial charge in [-0.05, 0) is 36.5 Å². The normalized spacial score (nSPS) is 17.0. The lowest BCUT2D eigenvalue weighted by molar-refractivity contribution is -0.153. The smallest absolute Gasteiger partial charge is 0.459 e. The molecule has 1 saturated heterocycles. The standard InChI is InChI=1S/C38H44N3O11P/c1-28-23-41(37(44)40-36(28)43)34-22-32(52-35(42)20-12-5-13-21-39-38(45)47-24-29-14-6-2-7-15-29)33(51-34)27-50-53(46,48-25-30-16-8-3-9-17-30)49-26-31-18-10-4-11-19-31/h2-4,6-11,14-19,23,32-34H,5,12-13,20-22,24-27H2,1H3,(H,39,45)(H,40,43,44)/t32-,33+,34+/m0/s1. The molecule has 0 radical (unpaired) electrons. The first-order valence-corrected chi connectivity index (χ1v) is 18.9. The van der Waals surface area contributed by atoms with Crippen LogP contribution in [0.15, 0.2) is 107 Å². The number of hydrogen-bond donors (Lipinski definition) is 2. The number of hydrogen-bond acceptors (Lipinski definition) is 11. The van der Waals surface area contributed by atoms with Crippen molar-refractivity contribution in [3.8, 4) is 0 Å². The van der Waals surface area contributed by atoms with Crippen LogP contribution in [0.3, 0.4) is 0 Å².